The molecular weight excluding hydrogens is 376 g/mol. The lowest BCUT2D eigenvalue weighted by molar-refractivity contribution is -0.147. The van der Waals surface area contributed by atoms with E-state index < -0.39 is 5.97 Å². The van der Waals surface area contributed by atoms with Crippen molar-refractivity contribution in [3.63, 3.8) is 0 Å². The number of halogens is 1. The minimum absolute atomic E-state index is 0.0750. The van der Waals surface area contributed by atoms with Gasteiger partial charge in [-0.2, -0.15) is 0 Å². The Morgan fingerprint density at radius 3 is 2.73 bits per heavy atom. The molecule has 0 bridgehead atoms. The minimum atomic E-state index is -1.01. The first-order valence-electron chi connectivity index (χ1n) is 8.33. The summed E-state index contributed by atoms with van der Waals surface area (Å²) >= 11 is 7.61. The standard InChI is InChI=1S/C18H19ClN2O4S/c19-15-4-2-1-3-14(15)18-20-12(11-26-18)9-16(22)21(10-17(23)24)13-5-7-25-8-6-13/h1-4,11,13H,5-10H2,(H,23,24). The fraction of sp³-hybridized carbons (Fsp3) is 0.389. The number of aliphatic carboxylic acids is 1. The van der Waals surface area contributed by atoms with Crippen LogP contribution in [0, 0.1) is 0 Å². The first kappa shape index (κ1) is 18.8. The molecule has 1 aliphatic rings. The molecule has 2 aromatic rings. The summed E-state index contributed by atoms with van der Waals surface area (Å²) in [5.41, 5.74) is 1.45. The zero-order valence-electron chi connectivity index (χ0n) is 14.1. The smallest absolute Gasteiger partial charge is 0.323 e. The molecule has 1 saturated heterocycles. The number of hydrogen-bond donors (Lipinski definition) is 1. The number of amides is 1. The zero-order valence-corrected chi connectivity index (χ0v) is 15.6. The van der Waals surface area contributed by atoms with Gasteiger partial charge in [-0.1, -0.05) is 29.8 Å². The van der Waals surface area contributed by atoms with Crippen LogP contribution in [0.2, 0.25) is 5.02 Å². The molecule has 1 aromatic carbocycles. The van der Waals surface area contributed by atoms with Crippen LogP contribution in [0.25, 0.3) is 10.6 Å². The lowest BCUT2D eigenvalue weighted by Gasteiger charge is -2.33. The molecule has 0 radical (unpaired) electrons. The number of aromatic nitrogens is 1. The molecule has 1 aromatic heterocycles. The highest BCUT2D eigenvalue weighted by molar-refractivity contribution is 7.13. The van der Waals surface area contributed by atoms with Gasteiger partial charge in [0.15, 0.2) is 0 Å². The van der Waals surface area contributed by atoms with Gasteiger partial charge in [-0.05, 0) is 18.9 Å². The number of carboxylic acids is 1. The SMILES string of the molecule is O=C(O)CN(C(=O)Cc1csc(-c2ccccc2Cl)n1)C1CCOCC1. The highest BCUT2D eigenvalue weighted by Crippen LogP contribution is 2.30. The normalized spacial score (nSPS) is 15.0. The summed E-state index contributed by atoms with van der Waals surface area (Å²) in [5.74, 6) is -1.24. The van der Waals surface area contributed by atoms with Crippen LogP contribution in [0.15, 0.2) is 29.6 Å². The second-order valence-corrected chi connectivity index (χ2v) is 7.32. The molecule has 0 spiro atoms. The predicted octanol–water partition coefficient (Wildman–Crippen LogP) is 3.10. The minimum Gasteiger partial charge on any atom is -0.480 e. The van der Waals surface area contributed by atoms with E-state index in [1.807, 2.05) is 23.6 Å². The van der Waals surface area contributed by atoms with Crippen LogP contribution in [-0.4, -0.2) is 52.7 Å². The summed E-state index contributed by atoms with van der Waals surface area (Å²) in [6, 6.07) is 7.30. The lowest BCUT2D eigenvalue weighted by atomic mass is 10.1. The average molecular weight is 395 g/mol. The number of rotatable bonds is 6. The van der Waals surface area contributed by atoms with E-state index in [-0.39, 0.29) is 24.9 Å². The van der Waals surface area contributed by atoms with Gasteiger partial charge >= 0.3 is 5.97 Å². The number of carbonyl (C=O) groups is 2. The average Bonchev–Trinajstić information content (AvgIpc) is 3.08. The van der Waals surface area contributed by atoms with Gasteiger partial charge in [-0.3, -0.25) is 9.59 Å². The van der Waals surface area contributed by atoms with Crippen molar-refractivity contribution >= 4 is 34.8 Å². The fourth-order valence-corrected chi connectivity index (χ4v) is 4.11. The van der Waals surface area contributed by atoms with Crippen LogP contribution in [0.3, 0.4) is 0 Å². The summed E-state index contributed by atoms with van der Waals surface area (Å²) in [4.78, 5) is 29.8. The Labute approximate surface area is 160 Å². The highest BCUT2D eigenvalue weighted by Gasteiger charge is 2.28. The van der Waals surface area contributed by atoms with Crippen LogP contribution in [-0.2, 0) is 20.7 Å². The van der Waals surface area contributed by atoms with E-state index in [1.165, 1.54) is 16.2 Å². The third kappa shape index (κ3) is 4.60. The van der Waals surface area contributed by atoms with Gasteiger partial charge in [0.05, 0.1) is 17.1 Å². The Morgan fingerprint density at radius 1 is 1.31 bits per heavy atom. The monoisotopic (exact) mass is 394 g/mol. The molecule has 0 saturated carbocycles. The molecule has 1 N–H and O–H groups in total. The third-order valence-corrected chi connectivity index (χ3v) is 5.50. The van der Waals surface area contributed by atoms with Gasteiger partial charge in [0, 0.05) is 30.2 Å². The molecule has 0 aliphatic carbocycles. The van der Waals surface area contributed by atoms with Crippen molar-refractivity contribution < 1.29 is 19.4 Å². The van der Waals surface area contributed by atoms with E-state index in [0.717, 1.165) is 10.6 Å². The Morgan fingerprint density at radius 2 is 2.04 bits per heavy atom. The molecule has 0 atom stereocenters. The van der Waals surface area contributed by atoms with Crippen molar-refractivity contribution in [3.8, 4) is 10.6 Å². The Hall–Kier alpha value is -1.96. The Balaban J connectivity index is 1.73. The molecule has 0 unspecified atom stereocenters. The topological polar surface area (TPSA) is 79.7 Å². The van der Waals surface area contributed by atoms with Crippen molar-refractivity contribution in [1.82, 2.24) is 9.88 Å². The van der Waals surface area contributed by atoms with Crippen molar-refractivity contribution in [3.05, 3.63) is 40.4 Å². The number of carboxylic acid groups (broad SMARTS) is 1. The highest BCUT2D eigenvalue weighted by atomic mass is 35.5. The molecule has 8 heteroatoms. The largest absolute Gasteiger partial charge is 0.480 e. The van der Waals surface area contributed by atoms with Gasteiger partial charge < -0.3 is 14.7 Å². The van der Waals surface area contributed by atoms with Gasteiger partial charge in [0.1, 0.15) is 11.6 Å². The second-order valence-electron chi connectivity index (χ2n) is 6.06. The number of benzene rings is 1. The number of hydrogen-bond acceptors (Lipinski definition) is 5. The summed E-state index contributed by atoms with van der Waals surface area (Å²) in [7, 11) is 0. The summed E-state index contributed by atoms with van der Waals surface area (Å²) in [5, 5.41) is 12.3. The molecule has 26 heavy (non-hydrogen) atoms. The van der Waals surface area contributed by atoms with E-state index >= 15 is 0 Å². The van der Waals surface area contributed by atoms with Crippen molar-refractivity contribution in [2.75, 3.05) is 19.8 Å². The fourth-order valence-electron chi connectivity index (χ4n) is 2.97. The maximum atomic E-state index is 12.7. The maximum Gasteiger partial charge on any atom is 0.323 e. The molecule has 1 aliphatic heterocycles. The van der Waals surface area contributed by atoms with Gasteiger partial charge in [-0.25, -0.2) is 4.98 Å². The van der Waals surface area contributed by atoms with Crippen LogP contribution in [0.5, 0.6) is 0 Å². The quantitative estimate of drug-likeness (QED) is 0.814. The van der Waals surface area contributed by atoms with Crippen LogP contribution < -0.4 is 0 Å². The van der Waals surface area contributed by atoms with Gasteiger partial charge in [0.2, 0.25) is 5.91 Å². The van der Waals surface area contributed by atoms with Crippen molar-refractivity contribution in [2.24, 2.45) is 0 Å². The number of carbonyl (C=O) groups excluding carboxylic acids is 1. The van der Waals surface area contributed by atoms with Gasteiger partial charge in [0.25, 0.3) is 0 Å². The van der Waals surface area contributed by atoms with Crippen LogP contribution in [0.4, 0.5) is 0 Å². The summed E-state index contributed by atoms with van der Waals surface area (Å²) < 4.78 is 5.31. The Kier molecular flexibility index (Phi) is 6.24. The lowest BCUT2D eigenvalue weighted by Crippen LogP contribution is -2.46. The predicted molar refractivity (Wildman–Crippen MR) is 99.5 cm³/mol. The molecular formula is C18H19ClN2O4S. The molecule has 3 rings (SSSR count). The van der Waals surface area contributed by atoms with E-state index in [4.69, 9.17) is 21.4 Å². The molecule has 2 heterocycles. The molecule has 138 valence electrons. The van der Waals surface area contributed by atoms with Gasteiger partial charge in [-0.15, -0.1) is 11.3 Å². The summed E-state index contributed by atoms with van der Waals surface area (Å²) in [6.45, 7) is 0.786. The van der Waals surface area contributed by atoms with Crippen molar-refractivity contribution in [1.29, 1.82) is 0 Å². The number of thiazole rings is 1. The van der Waals surface area contributed by atoms with Crippen LogP contribution in [0.1, 0.15) is 18.5 Å². The Bertz CT molecular complexity index is 789. The van der Waals surface area contributed by atoms with E-state index in [2.05, 4.69) is 4.98 Å². The number of ether oxygens (including phenoxy) is 1. The first-order chi connectivity index (χ1) is 12.5. The molecule has 1 fully saturated rings. The van der Waals surface area contributed by atoms with E-state index in [1.54, 1.807) is 6.07 Å². The first-order valence-corrected chi connectivity index (χ1v) is 9.58. The zero-order chi connectivity index (χ0) is 18.5. The van der Waals surface area contributed by atoms with Crippen molar-refractivity contribution in [2.45, 2.75) is 25.3 Å². The maximum absolute atomic E-state index is 12.7. The van der Waals surface area contributed by atoms with E-state index in [0.29, 0.717) is 36.8 Å². The van der Waals surface area contributed by atoms with E-state index in [9.17, 15) is 9.59 Å². The van der Waals surface area contributed by atoms with Crippen LogP contribution >= 0.6 is 22.9 Å². The molecule has 6 nitrogen and oxygen atoms in total. The number of nitrogens with zero attached hydrogens (tertiary/aromatic N) is 2. The third-order valence-electron chi connectivity index (χ3n) is 4.25. The molecule has 1 amide bonds. The second kappa shape index (κ2) is 8.62. The summed E-state index contributed by atoms with van der Waals surface area (Å²) in [6.07, 6.45) is 1.38.